The molecule has 0 aliphatic heterocycles. The van der Waals surface area contributed by atoms with Gasteiger partial charge in [0.2, 0.25) is 0 Å². The van der Waals surface area contributed by atoms with E-state index in [0.29, 0.717) is 0 Å². The molecule has 0 fully saturated rings. The Labute approximate surface area is 50.3 Å². The predicted octanol–water partition coefficient (Wildman–Crippen LogP) is 0.524. The van der Waals surface area contributed by atoms with Gasteiger partial charge in [0.15, 0.2) is 0 Å². The average Bonchev–Trinajstić information content (AvgIpc) is 0.918. The maximum absolute atomic E-state index is 8.97. The summed E-state index contributed by atoms with van der Waals surface area (Å²) in [7, 11) is 4.06. The minimum absolute atomic E-state index is 0. The van der Waals surface area contributed by atoms with Crippen LogP contribution in [0.5, 0.6) is 0 Å². The van der Waals surface area contributed by atoms with E-state index in [1.807, 2.05) is 0 Å². The van der Waals surface area contributed by atoms with E-state index in [1.54, 1.807) is 0 Å². The normalized spacial score (nSPS) is 5.00. The molecule has 0 saturated heterocycles. The summed E-state index contributed by atoms with van der Waals surface area (Å²) < 4.78 is 8.97. The van der Waals surface area contributed by atoms with Gasteiger partial charge in [0.1, 0.15) is 0 Å². The Balaban J connectivity index is 0. The van der Waals surface area contributed by atoms with Crippen LogP contribution in [0, 0.1) is 0 Å². The molecule has 22 valence electrons. The molecule has 0 N–H and O–H groups in total. The third-order valence-corrected chi connectivity index (χ3v) is 0. The molecule has 1 nitrogen and oxygen atoms in total. The molecule has 0 aromatic heterocycles. The molecular formula is FeHgOS. The fourth-order valence-electron chi connectivity index (χ4n) is 0. The van der Waals surface area contributed by atoms with E-state index in [4.69, 9.17) is 2.64 Å². The van der Waals surface area contributed by atoms with Gasteiger partial charge in [0, 0.05) is 17.1 Å². The summed E-state index contributed by atoms with van der Waals surface area (Å²) in [6.07, 6.45) is 0. The first-order valence-corrected chi connectivity index (χ1v) is 10.1. The molecule has 0 rings (SSSR count). The molecule has 0 unspecified atom stereocenters. The second kappa shape index (κ2) is 8.82. The first-order valence-electron chi connectivity index (χ1n) is 0.577. The quantitative estimate of drug-likeness (QED) is 0.607. The zero-order valence-electron chi connectivity index (χ0n) is 1.88. The van der Waals surface area contributed by atoms with E-state index in [2.05, 4.69) is 8.58 Å². The monoisotopic (exact) mass is 306 g/mol. The SMILES string of the molecule is [Fe].[O]=[Hg]=[S]. The van der Waals surface area contributed by atoms with E-state index < -0.39 is 22.5 Å². The van der Waals surface area contributed by atoms with Gasteiger partial charge in [-0.3, -0.25) is 0 Å². The van der Waals surface area contributed by atoms with Crippen LogP contribution in [0.1, 0.15) is 0 Å². The molecule has 0 aliphatic rings. The molecule has 0 bridgehead atoms. The zero-order chi connectivity index (χ0) is 2.71. The van der Waals surface area contributed by atoms with E-state index in [9.17, 15) is 0 Å². The van der Waals surface area contributed by atoms with Crippen LogP contribution < -0.4 is 0 Å². The van der Waals surface area contributed by atoms with Crippen molar-refractivity contribution in [1.82, 2.24) is 0 Å². The number of hydrogen-bond donors (Lipinski definition) is 0. The summed E-state index contributed by atoms with van der Waals surface area (Å²) in [6.45, 7) is 0. The van der Waals surface area contributed by atoms with Crippen LogP contribution in [-0.2, 0) is 42.2 Å². The van der Waals surface area contributed by atoms with Crippen molar-refractivity contribution in [2.45, 2.75) is 0 Å². The molecular weight excluding hydrogens is 305 g/mol. The van der Waals surface area contributed by atoms with Gasteiger partial charge in [-0.15, -0.1) is 0 Å². The summed E-state index contributed by atoms with van der Waals surface area (Å²) in [5.41, 5.74) is 0. The van der Waals surface area contributed by atoms with Crippen LogP contribution in [0.3, 0.4) is 0 Å². The molecule has 0 radical (unpaired) electrons. The van der Waals surface area contributed by atoms with Crippen LogP contribution in [0.2, 0.25) is 0 Å². The van der Waals surface area contributed by atoms with Crippen molar-refractivity contribution >= 4 is 8.58 Å². The Kier molecular flexibility index (Phi) is 20.0. The van der Waals surface area contributed by atoms with Crippen molar-refractivity contribution in [1.29, 1.82) is 0 Å². The summed E-state index contributed by atoms with van der Waals surface area (Å²) >= 11 is -1.75. The van der Waals surface area contributed by atoms with Gasteiger partial charge in [-0.05, 0) is 0 Å². The fourth-order valence-corrected chi connectivity index (χ4v) is 0. The molecule has 0 aromatic carbocycles. The Morgan fingerprint density at radius 2 is 1.75 bits per heavy atom. The van der Waals surface area contributed by atoms with Gasteiger partial charge in [-0.25, -0.2) is 0 Å². The summed E-state index contributed by atoms with van der Waals surface area (Å²) in [5, 5.41) is 0. The van der Waals surface area contributed by atoms with Gasteiger partial charge >= 0.3 is 33.7 Å². The Morgan fingerprint density at radius 1 is 1.75 bits per heavy atom. The van der Waals surface area contributed by atoms with Crippen LogP contribution >= 0.6 is 8.58 Å². The molecule has 0 aromatic rings. The van der Waals surface area contributed by atoms with Crippen molar-refractivity contribution in [3.05, 3.63) is 0 Å². The Morgan fingerprint density at radius 3 is 1.75 bits per heavy atom. The third kappa shape index (κ3) is 9.79. The minimum atomic E-state index is -1.75. The van der Waals surface area contributed by atoms with Crippen LogP contribution in [0.15, 0.2) is 0 Å². The number of rotatable bonds is 0. The molecule has 0 aliphatic carbocycles. The fraction of sp³-hybridized carbons (Fsp3) is 0. The summed E-state index contributed by atoms with van der Waals surface area (Å²) in [4.78, 5) is 0. The standard InChI is InChI=1S/Fe.Hg.O.S. The Hall–Kier alpha value is 1.47. The van der Waals surface area contributed by atoms with E-state index in [-0.39, 0.29) is 17.1 Å². The molecule has 0 saturated carbocycles. The van der Waals surface area contributed by atoms with Gasteiger partial charge < -0.3 is 0 Å². The molecule has 4 heavy (non-hydrogen) atoms. The van der Waals surface area contributed by atoms with Crippen molar-refractivity contribution in [2.24, 2.45) is 0 Å². The average molecular weight is 305 g/mol. The van der Waals surface area contributed by atoms with Gasteiger partial charge in [0.25, 0.3) is 0 Å². The van der Waals surface area contributed by atoms with Crippen molar-refractivity contribution in [3.8, 4) is 0 Å². The Bertz CT molecular complexity index is 29.0. The first-order chi connectivity index (χ1) is 1.41. The maximum atomic E-state index is 8.97. The number of hydrogen-bond acceptors (Lipinski definition) is 2. The van der Waals surface area contributed by atoms with Gasteiger partial charge in [-0.1, -0.05) is 0 Å². The van der Waals surface area contributed by atoms with Crippen molar-refractivity contribution < 1.29 is 42.2 Å². The first kappa shape index (κ1) is 9.08. The summed E-state index contributed by atoms with van der Waals surface area (Å²) in [5.74, 6) is 0. The predicted molar refractivity (Wildman–Crippen MR) is 8.28 cm³/mol. The van der Waals surface area contributed by atoms with Crippen LogP contribution in [0.25, 0.3) is 0 Å². The topological polar surface area (TPSA) is 17.1 Å². The molecule has 4 heteroatoms. The second-order valence-electron chi connectivity index (χ2n) is 0.118. The molecule has 0 amide bonds. The van der Waals surface area contributed by atoms with E-state index in [0.717, 1.165) is 0 Å². The van der Waals surface area contributed by atoms with Crippen molar-refractivity contribution in [3.63, 3.8) is 0 Å². The van der Waals surface area contributed by atoms with Crippen molar-refractivity contribution in [2.75, 3.05) is 0 Å². The third-order valence-electron chi connectivity index (χ3n) is 0. The molecule has 0 heterocycles. The van der Waals surface area contributed by atoms with Gasteiger partial charge in [0.05, 0.1) is 0 Å². The second-order valence-corrected chi connectivity index (χ2v) is 3.10. The van der Waals surface area contributed by atoms with E-state index >= 15 is 0 Å². The van der Waals surface area contributed by atoms with Crippen LogP contribution in [0.4, 0.5) is 0 Å². The van der Waals surface area contributed by atoms with E-state index in [1.165, 1.54) is 0 Å². The summed E-state index contributed by atoms with van der Waals surface area (Å²) in [6, 6.07) is 0. The zero-order valence-corrected chi connectivity index (χ0v) is 9.30. The van der Waals surface area contributed by atoms with Crippen LogP contribution in [-0.4, -0.2) is 0 Å². The van der Waals surface area contributed by atoms with Gasteiger partial charge in [-0.2, -0.15) is 0 Å². The molecule has 0 spiro atoms. The molecule has 0 atom stereocenters.